The zero-order valence-electron chi connectivity index (χ0n) is 15.6. The van der Waals surface area contributed by atoms with Crippen LogP contribution in [0.5, 0.6) is 0 Å². The summed E-state index contributed by atoms with van der Waals surface area (Å²) in [6.07, 6.45) is 4.58. The lowest BCUT2D eigenvalue weighted by molar-refractivity contribution is -0.386. The smallest absolute Gasteiger partial charge is 0.275 e. The number of hydrogen-bond donors (Lipinski definition) is 1. The van der Waals surface area contributed by atoms with Gasteiger partial charge in [0.2, 0.25) is 0 Å². The second-order valence-electron chi connectivity index (χ2n) is 7.06. The molecule has 6 heteroatoms. The van der Waals surface area contributed by atoms with Crippen LogP contribution in [0, 0.1) is 59.5 Å². The van der Waals surface area contributed by atoms with Gasteiger partial charge in [0, 0.05) is 17.0 Å². The molecule has 0 bridgehead atoms. The fourth-order valence-electron chi connectivity index (χ4n) is 4.47. The van der Waals surface area contributed by atoms with E-state index in [2.05, 4.69) is 12.1 Å². The lowest BCUT2D eigenvalue weighted by Gasteiger charge is -2.33. The summed E-state index contributed by atoms with van der Waals surface area (Å²) in [7, 11) is 0. The molecular weight excluding hydrogens is 340 g/mol. The monoisotopic (exact) mass is 360 g/mol. The van der Waals surface area contributed by atoms with Crippen LogP contribution in [0.3, 0.4) is 0 Å². The van der Waals surface area contributed by atoms with E-state index in [0.717, 1.165) is 36.0 Å². The summed E-state index contributed by atoms with van der Waals surface area (Å²) in [6, 6.07) is 6.10. The zero-order valence-corrected chi connectivity index (χ0v) is 15.6. The van der Waals surface area contributed by atoms with Crippen LogP contribution >= 0.6 is 0 Å². The highest BCUT2D eigenvalue weighted by atomic mass is 16.6. The molecule has 0 amide bonds. The second-order valence-corrected chi connectivity index (χ2v) is 7.06. The van der Waals surface area contributed by atoms with E-state index in [1.54, 1.807) is 19.9 Å². The Hall–Kier alpha value is -3.38. The minimum Gasteiger partial charge on any atom is -0.397 e. The summed E-state index contributed by atoms with van der Waals surface area (Å²) in [5.74, 6) is -0.143. The van der Waals surface area contributed by atoms with Crippen molar-refractivity contribution in [1.82, 2.24) is 0 Å². The van der Waals surface area contributed by atoms with Gasteiger partial charge in [0.15, 0.2) is 0 Å². The molecule has 6 nitrogen and oxygen atoms in total. The van der Waals surface area contributed by atoms with E-state index in [1.165, 1.54) is 0 Å². The molecule has 3 rings (SSSR count). The first-order chi connectivity index (χ1) is 12.8. The predicted octanol–water partition coefficient (Wildman–Crippen LogP) is 4.27. The fraction of sp³-hybridized carbons (Fsp3) is 0.333. The highest BCUT2D eigenvalue weighted by molar-refractivity contribution is 5.88. The van der Waals surface area contributed by atoms with Crippen molar-refractivity contribution < 1.29 is 4.92 Å². The highest BCUT2D eigenvalue weighted by Gasteiger charge is 2.36. The van der Waals surface area contributed by atoms with Gasteiger partial charge in [0.05, 0.1) is 21.8 Å². The average molecular weight is 360 g/mol. The molecule has 1 atom stereocenters. The summed E-state index contributed by atoms with van der Waals surface area (Å²) in [5.41, 5.74) is 11.3. The number of hydrogen-bond acceptors (Lipinski definition) is 5. The Morgan fingerprint density at radius 3 is 2.44 bits per heavy atom. The van der Waals surface area contributed by atoms with Gasteiger partial charge in [-0.05, 0) is 68.4 Å². The molecule has 27 heavy (non-hydrogen) atoms. The first-order valence-electron chi connectivity index (χ1n) is 8.83. The number of benzene rings is 1. The molecule has 0 aromatic heterocycles. The largest absolute Gasteiger partial charge is 0.397 e. The molecule has 0 heterocycles. The molecule has 136 valence electrons. The van der Waals surface area contributed by atoms with Crippen molar-refractivity contribution in [3.8, 4) is 12.1 Å². The van der Waals surface area contributed by atoms with Crippen LogP contribution in [0.25, 0.3) is 5.57 Å². The van der Waals surface area contributed by atoms with Crippen molar-refractivity contribution in [2.45, 2.75) is 40.0 Å². The zero-order chi connectivity index (χ0) is 19.9. The van der Waals surface area contributed by atoms with Crippen LogP contribution in [0.2, 0.25) is 0 Å². The summed E-state index contributed by atoms with van der Waals surface area (Å²) in [4.78, 5) is 11.2. The number of fused-ring (bicyclic) bond motifs is 1. The summed E-state index contributed by atoms with van der Waals surface area (Å²) in [6.45, 7) is 5.34. The molecule has 0 saturated heterocycles. The quantitative estimate of drug-likeness (QED) is 0.624. The first kappa shape index (κ1) is 18.4. The highest BCUT2D eigenvalue weighted by Crippen LogP contribution is 2.48. The Morgan fingerprint density at radius 2 is 1.85 bits per heavy atom. The molecular formula is C21H20N4O2. The number of nitro benzene ring substituents is 1. The summed E-state index contributed by atoms with van der Waals surface area (Å²) < 4.78 is 0. The number of nitro groups is 1. The van der Waals surface area contributed by atoms with E-state index in [1.807, 2.05) is 13.0 Å². The molecule has 0 fully saturated rings. The molecule has 1 unspecified atom stereocenters. The molecule has 0 spiro atoms. The molecule has 2 aliphatic carbocycles. The second kappa shape index (κ2) is 6.74. The molecule has 2 aliphatic rings. The third kappa shape index (κ3) is 2.71. The van der Waals surface area contributed by atoms with Crippen LogP contribution < -0.4 is 5.73 Å². The van der Waals surface area contributed by atoms with Crippen molar-refractivity contribution in [1.29, 1.82) is 10.5 Å². The van der Waals surface area contributed by atoms with Gasteiger partial charge in [-0.1, -0.05) is 6.08 Å². The standard InChI is InChI=1S/C21H20N4O2/c1-11-8-12(2)21(25(26)27)13(3)18(11)19-15-7-5-4-6-14(15)16(9-22)20(24)17(19)10-23/h6,8,15H,4-5,7,24H2,1-3H3. The van der Waals surface area contributed by atoms with Crippen molar-refractivity contribution in [2.75, 3.05) is 0 Å². The lowest BCUT2D eigenvalue weighted by Crippen LogP contribution is -2.24. The molecule has 0 saturated carbocycles. The summed E-state index contributed by atoms with van der Waals surface area (Å²) >= 11 is 0. The van der Waals surface area contributed by atoms with Gasteiger partial charge in [-0.3, -0.25) is 10.1 Å². The van der Waals surface area contributed by atoms with Gasteiger partial charge < -0.3 is 5.73 Å². The van der Waals surface area contributed by atoms with Crippen LogP contribution in [0.4, 0.5) is 5.69 Å². The average Bonchev–Trinajstić information content (AvgIpc) is 2.61. The van der Waals surface area contributed by atoms with E-state index in [-0.39, 0.29) is 27.8 Å². The Morgan fingerprint density at radius 1 is 1.19 bits per heavy atom. The fourth-order valence-corrected chi connectivity index (χ4v) is 4.47. The maximum Gasteiger partial charge on any atom is 0.275 e. The van der Waals surface area contributed by atoms with Gasteiger partial charge in [0.25, 0.3) is 5.69 Å². The molecule has 0 radical (unpaired) electrons. The van der Waals surface area contributed by atoms with Crippen LogP contribution in [0.15, 0.2) is 34.6 Å². The van der Waals surface area contributed by atoms with E-state index in [4.69, 9.17) is 5.73 Å². The maximum atomic E-state index is 11.6. The number of allylic oxidation sites excluding steroid dienone is 5. The van der Waals surface area contributed by atoms with E-state index in [9.17, 15) is 20.6 Å². The minimum absolute atomic E-state index is 0.0651. The molecule has 0 aliphatic heterocycles. The van der Waals surface area contributed by atoms with Gasteiger partial charge in [0.1, 0.15) is 12.1 Å². The lowest BCUT2D eigenvalue weighted by atomic mass is 9.69. The van der Waals surface area contributed by atoms with Crippen molar-refractivity contribution in [3.63, 3.8) is 0 Å². The number of nitriles is 2. The van der Waals surface area contributed by atoms with Crippen molar-refractivity contribution in [3.05, 3.63) is 66.9 Å². The van der Waals surface area contributed by atoms with Crippen LogP contribution in [-0.2, 0) is 0 Å². The Kier molecular flexibility index (Phi) is 4.59. The summed E-state index contributed by atoms with van der Waals surface area (Å²) in [5, 5.41) is 31.0. The number of rotatable bonds is 2. The van der Waals surface area contributed by atoms with Crippen molar-refractivity contribution >= 4 is 11.3 Å². The molecule has 1 aromatic carbocycles. The number of nitrogens with two attached hydrogens (primary N) is 1. The SMILES string of the molecule is Cc1cc(C)c([N+](=O)[O-])c(C)c1C1=C(C#N)C(N)=C(C#N)C2=CCCCC21. The van der Waals surface area contributed by atoms with Crippen molar-refractivity contribution in [2.24, 2.45) is 11.7 Å². The van der Waals surface area contributed by atoms with Gasteiger partial charge in [-0.15, -0.1) is 0 Å². The van der Waals surface area contributed by atoms with Gasteiger partial charge in [-0.2, -0.15) is 10.5 Å². The topological polar surface area (TPSA) is 117 Å². The Balaban J connectivity index is 2.44. The Bertz CT molecular complexity index is 1050. The van der Waals surface area contributed by atoms with E-state index >= 15 is 0 Å². The van der Waals surface area contributed by atoms with Crippen LogP contribution in [0.1, 0.15) is 41.5 Å². The number of nitrogens with zero attached hydrogens (tertiary/aromatic N) is 3. The van der Waals surface area contributed by atoms with Gasteiger partial charge >= 0.3 is 0 Å². The predicted molar refractivity (Wildman–Crippen MR) is 102 cm³/mol. The third-order valence-corrected chi connectivity index (χ3v) is 5.49. The third-order valence-electron chi connectivity index (χ3n) is 5.49. The molecule has 1 aromatic rings. The minimum atomic E-state index is -0.374. The Labute approximate surface area is 158 Å². The van der Waals surface area contributed by atoms with E-state index < -0.39 is 0 Å². The van der Waals surface area contributed by atoms with Crippen LogP contribution in [-0.4, -0.2) is 4.92 Å². The number of aryl methyl sites for hydroxylation is 2. The molecule has 2 N–H and O–H groups in total. The first-order valence-corrected chi connectivity index (χ1v) is 8.83. The van der Waals surface area contributed by atoms with E-state index in [0.29, 0.717) is 22.3 Å². The van der Waals surface area contributed by atoms with Gasteiger partial charge in [-0.25, -0.2) is 0 Å². The normalized spacial score (nSPS) is 19.1. The maximum absolute atomic E-state index is 11.6.